The van der Waals surface area contributed by atoms with Gasteiger partial charge < -0.3 is 19.5 Å². The molecular weight excluding hydrogens is 336 g/mol. The van der Waals surface area contributed by atoms with E-state index in [4.69, 9.17) is 14.6 Å². The average Bonchev–Trinajstić information content (AvgIpc) is 2.63. The van der Waals surface area contributed by atoms with Gasteiger partial charge in [0, 0.05) is 25.4 Å². The first-order valence-electron chi connectivity index (χ1n) is 8.20. The van der Waals surface area contributed by atoms with Crippen molar-refractivity contribution in [3.8, 4) is 11.5 Å². The molecule has 3 rings (SSSR count). The van der Waals surface area contributed by atoms with Crippen molar-refractivity contribution in [2.45, 2.75) is 6.42 Å². The van der Waals surface area contributed by atoms with Crippen LogP contribution < -0.4 is 9.47 Å². The van der Waals surface area contributed by atoms with Gasteiger partial charge in [-0.05, 0) is 42.2 Å². The van der Waals surface area contributed by atoms with Crippen molar-refractivity contribution in [1.82, 2.24) is 9.88 Å². The maximum Gasteiger partial charge on any atom is 0.354 e. The molecule has 7 nitrogen and oxygen atoms in total. The van der Waals surface area contributed by atoms with E-state index in [2.05, 4.69) is 4.98 Å². The minimum absolute atomic E-state index is 0.0741. The number of aromatic nitrogens is 1. The second-order valence-electron chi connectivity index (χ2n) is 6.24. The molecule has 7 heteroatoms. The highest BCUT2D eigenvalue weighted by Gasteiger charge is 2.31. The highest BCUT2D eigenvalue weighted by atomic mass is 16.5. The van der Waals surface area contributed by atoms with Crippen LogP contribution in [0.2, 0.25) is 0 Å². The van der Waals surface area contributed by atoms with Gasteiger partial charge in [-0.2, -0.15) is 0 Å². The quantitative estimate of drug-likeness (QED) is 0.853. The molecule has 0 spiro atoms. The molecule has 1 aromatic heterocycles. The fourth-order valence-electron chi connectivity index (χ4n) is 3.01. The van der Waals surface area contributed by atoms with Crippen LogP contribution in [0, 0.1) is 5.92 Å². The first-order valence-corrected chi connectivity index (χ1v) is 8.20. The van der Waals surface area contributed by atoms with Gasteiger partial charge in [-0.3, -0.25) is 4.79 Å². The summed E-state index contributed by atoms with van der Waals surface area (Å²) in [5.41, 5.74) is 1.43. The third-order valence-electron chi connectivity index (χ3n) is 4.41. The van der Waals surface area contributed by atoms with Crippen LogP contribution in [0.15, 0.2) is 36.5 Å². The smallest absolute Gasteiger partial charge is 0.354 e. The molecule has 1 aliphatic heterocycles. The highest BCUT2D eigenvalue weighted by Crippen LogP contribution is 2.27. The summed E-state index contributed by atoms with van der Waals surface area (Å²) >= 11 is 0. The SMILES string of the molecule is COc1cc(CC2CN(C(=O)c3ccc(C(=O)O)nc3)C2)cc(OC)c1. The van der Waals surface area contributed by atoms with E-state index in [0.717, 1.165) is 23.5 Å². The van der Waals surface area contributed by atoms with Crippen LogP contribution in [0.4, 0.5) is 0 Å². The Labute approximate surface area is 151 Å². The Kier molecular flexibility index (Phi) is 5.06. The van der Waals surface area contributed by atoms with Gasteiger partial charge in [0.15, 0.2) is 0 Å². The largest absolute Gasteiger partial charge is 0.497 e. The molecule has 0 bridgehead atoms. The number of benzene rings is 1. The van der Waals surface area contributed by atoms with Crippen molar-refractivity contribution in [2.75, 3.05) is 27.3 Å². The van der Waals surface area contributed by atoms with Crippen LogP contribution >= 0.6 is 0 Å². The van der Waals surface area contributed by atoms with Crippen molar-refractivity contribution in [1.29, 1.82) is 0 Å². The van der Waals surface area contributed by atoms with Crippen LogP contribution in [0.25, 0.3) is 0 Å². The van der Waals surface area contributed by atoms with E-state index in [0.29, 0.717) is 24.6 Å². The Morgan fingerprint density at radius 3 is 2.31 bits per heavy atom. The van der Waals surface area contributed by atoms with Gasteiger partial charge in [-0.25, -0.2) is 9.78 Å². The molecular formula is C19H20N2O5. The fraction of sp³-hybridized carbons (Fsp3) is 0.316. The molecule has 136 valence electrons. The van der Waals surface area contributed by atoms with Crippen molar-refractivity contribution in [3.05, 3.63) is 53.3 Å². The molecule has 26 heavy (non-hydrogen) atoms. The predicted molar refractivity (Wildman–Crippen MR) is 93.8 cm³/mol. The van der Waals surface area contributed by atoms with Crippen LogP contribution in [-0.4, -0.2) is 54.2 Å². The van der Waals surface area contributed by atoms with Crippen molar-refractivity contribution >= 4 is 11.9 Å². The number of methoxy groups -OCH3 is 2. The summed E-state index contributed by atoms with van der Waals surface area (Å²) in [6, 6.07) is 8.62. The summed E-state index contributed by atoms with van der Waals surface area (Å²) in [5, 5.41) is 8.85. The number of hydrogen-bond acceptors (Lipinski definition) is 5. The van der Waals surface area contributed by atoms with E-state index in [1.165, 1.54) is 18.3 Å². The van der Waals surface area contributed by atoms with Crippen molar-refractivity contribution in [3.63, 3.8) is 0 Å². The third-order valence-corrected chi connectivity index (χ3v) is 4.41. The van der Waals surface area contributed by atoms with E-state index < -0.39 is 5.97 Å². The van der Waals surface area contributed by atoms with Gasteiger partial charge in [0.05, 0.1) is 19.8 Å². The van der Waals surface area contributed by atoms with Gasteiger partial charge in [-0.15, -0.1) is 0 Å². The van der Waals surface area contributed by atoms with E-state index >= 15 is 0 Å². The number of aromatic carboxylic acids is 1. The van der Waals surface area contributed by atoms with Gasteiger partial charge >= 0.3 is 5.97 Å². The number of nitrogens with zero attached hydrogens (tertiary/aromatic N) is 2. The second kappa shape index (κ2) is 7.43. The minimum atomic E-state index is -1.11. The first-order chi connectivity index (χ1) is 12.5. The summed E-state index contributed by atoms with van der Waals surface area (Å²) in [6.45, 7) is 1.30. The number of carbonyl (C=O) groups is 2. The number of rotatable bonds is 6. The molecule has 0 unspecified atom stereocenters. The maximum atomic E-state index is 12.4. The number of carboxylic acids is 1. The summed E-state index contributed by atoms with van der Waals surface area (Å²) in [5.74, 6) is 0.616. The molecule has 1 saturated heterocycles. The van der Waals surface area contributed by atoms with E-state index in [-0.39, 0.29) is 11.6 Å². The zero-order valence-corrected chi connectivity index (χ0v) is 14.6. The molecule has 2 aromatic rings. The van der Waals surface area contributed by atoms with Gasteiger partial charge in [0.2, 0.25) is 0 Å². The Morgan fingerprint density at radius 2 is 1.81 bits per heavy atom. The molecule has 0 atom stereocenters. The molecule has 1 aliphatic rings. The zero-order chi connectivity index (χ0) is 18.7. The molecule has 0 aliphatic carbocycles. The summed E-state index contributed by atoms with van der Waals surface area (Å²) in [6.07, 6.45) is 2.14. The Morgan fingerprint density at radius 1 is 1.15 bits per heavy atom. The van der Waals surface area contributed by atoms with Gasteiger partial charge in [0.25, 0.3) is 5.91 Å². The molecule has 0 radical (unpaired) electrons. The Bertz CT molecular complexity index is 791. The monoisotopic (exact) mass is 356 g/mol. The summed E-state index contributed by atoms with van der Waals surface area (Å²) in [4.78, 5) is 28.7. The maximum absolute atomic E-state index is 12.4. The number of ether oxygens (including phenoxy) is 2. The van der Waals surface area contributed by atoms with Gasteiger partial charge in [0.1, 0.15) is 17.2 Å². The molecule has 1 N–H and O–H groups in total. The predicted octanol–water partition coefficient (Wildman–Crippen LogP) is 2.11. The second-order valence-corrected chi connectivity index (χ2v) is 6.24. The van der Waals surface area contributed by atoms with E-state index in [1.54, 1.807) is 19.1 Å². The van der Waals surface area contributed by atoms with Crippen LogP contribution in [0.3, 0.4) is 0 Å². The zero-order valence-electron chi connectivity index (χ0n) is 14.6. The molecule has 1 aromatic carbocycles. The van der Waals surface area contributed by atoms with Crippen LogP contribution in [0.1, 0.15) is 26.4 Å². The summed E-state index contributed by atoms with van der Waals surface area (Å²) in [7, 11) is 3.23. The number of likely N-dealkylation sites (tertiary alicyclic amines) is 1. The molecule has 1 fully saturated rings. The lowest BCUT2D eigenvalue weighted by Gasteiger charge is -2.39. The minimum Gasteiger partial charge on any atom is -0.497 e. The molecule has 0 saturated carbocycles. The molecule has 2 heterocycles. The fourth-order valence-corrected chi connectivity index (χ4v) is 3.01. The van der Waals surface area contributed by atoms with Gasteiger partial charge in [-0.1, -0.05) is 0 Å². The van der Waals surface area contributed by atoms with Crippen LogP contribution in [-0.2, 0) is 6.42 Å². The third kappa shape index (κ3) is 3.77. The van der Waals surface area contributed by atoms with E-state index in [9.17, 15) is 9.59 Å². The lowest BCUT2D eigenvalue weighted by molar-refractivity contribution is 0.0499. The number of carboxylic acid groups (broad SMARTS) is 1. The number of carbonyl (C=O) groups excluding carboxylic acids is 1. The topological polar surface area (TPSA) is 89.0 Å². The van der Waals surface area contributed by atoms with Crippen LogP contribution in [0.5, 0.6) is 11.5 Å². The van der Waals surface area contributed by atoms with Crippen molar-refractivity contribution < 1.29 is 24.2 Å². The van der Waals surface area contributed by atoms with Crippen molar-refractivity contribution in [2.24, 2.45) is 5.92 Å². The number of pyridine rings is 1. The first kappa shape index (κ1) is 17.7. The summed E-state index contributed by atoms with van der Waals surface area (Å²) < 4.78 is 10.6. The Hall–Kier alpha value is -3.09. The lowest BCUT2D eigenvalue weighted by Crippen LogP contribution is -2.50. The number of hydrogen-bond donors (Lipinski definition) is 1. The molecule has 1 amide bonds. The standard InChI is InChI=1S/C19H20N2O5/c1-25-15-6-12(7-16(8-15)26-2)5-13-10-21(11-13)18(22)14-3-4-17(19(23)24)20-9-14/h3-4,6-9,13H,5,10-11H2,1-2H3,(H,23,24). The lowest BCUT2D eigenvalue weighted by atomic mass is 9.91. The highest BCUT2D eigenvalue weighted by molar-refractivity contribution is 5.95. The number of amides is 1. The average molecular weight is 356 g/mol. The normalized spacial score (nSPS) is 13.8. The Balaban J connectivity index is 1.58. The van der Waals surface area contributed by atoms with E-state index in [1.807, 2.05) is 18.2 Å².